The molecular weight excluding hydrogens is 222 g/mol. The Morgan fingerprint density at radius 2 is 2.00 bits per heavy atom. The van der Waals surface area contributed by atoms with Crippen LogP contribution in [0.15, 0.2) is 24.3 Å². The van der Waals surface area contributed by atoms with E-state index < -0.39 is 0 Å². The number of halogens is 1. The average molecular weight is 240 g/mol. The minimum absolute atomic E-state index is 0.0577. The third-order valence-corrected chi connectivity index (χ3v) is 3.55. The van der Waals surface area contributed by atoms with E-state index in [9.17, 15) is 5.11 Å². The number of rotatable bonds is 4. The zero-order valence-corrected chi connectivity index (χ0v) is 10.2. The Hall–Kier alpha value is -0.570. The van der Waals surface area contributed by atoms with E-state index in [0.29, 0.717) is 12.0 Å². The Kier molecular flexibility index (Phi) is 3.85. The minimum Gasteiger partial charge on any atom is -0.393 e. The Bertz CT molecular complexity index is 332. The lowest BCUT2D eigenvalue weighted by Gasteiger charge is -2.32. The van der Waals surface area contributed by atoms with Crippen molar-refractivity contribution < 1.29 is 5.11 Å². The van der Waals surface area contributed by atoms with Gasteiger partial charge in [-0.05, 0) is 49.9 Å². The molecule has 88 valence electrons. The first-order valence-electron chi connectivity index (χ1n) is 5.82. The highest BCUT2D eigenvalue weighted by molar-refractivity contribution is 6.30. The molecule has 0 heterocycles. The molecule has 0 amide bonds. The summed E-state index contributed by atoms with van der Waals surface area (Å²) in [5.41, 5.74) is 1.25. The fourth-order valence-corrected chi connectivity index (χ4v) is 2.21. The van der Waals surface area contributed by atoms with Gasteiger partial charge in [0.25, 0.3) is 0 Å². The molecule has 0 saturated heterocycles. The van der Waals surface area contributed by atoms with Gasteiger partial charge in [-0.3, -0.25) is 0 Å². The quantitative estimate of drug-likeness (QED) is 0.847. The van der Waals surface area contributed by atoms with Crippen LogP contribution in [0, 0.1) is 5.92 Å². The normalized spacial score (nSPS) is 26.2. The SMILES string of the molecule is CC(NCC1CC(O)C1)c1ccc(Cl)cc1. The maximum Gasteiger partial charge on any atom is 0.0546 e. The van der Waals surface area contributed by atoms with Gasteiger partial charge >= 0.3 is 0 Å². The Labute approximate surface area is 102 Å². The lowest BCUT2D eigenvalue weighted by Crippen LogP contribution is -2.36. The first-order chi connectivity index (χ1) is 7.65. The van der Waals surface area contributed by atoms with Gasteiger partial charge in [0, 0.05) is 11.1 Å². The Balaban J connectivity index is 1.79. The molecule has 0 aliphatic heterocycles. The summed E-state index contributed by atoms with van der Waals surface area (Å²) in [6.07, 6.45) is 1.83. The van der Waals surface area contributed by atoms with Crippen LogP contribution in [0.4, 0.5) is 0 Å². The fourth-order valence-electron chi connectivity index (χ4n) is 2.08. The van der Waals surface area contributed by atoms with E-state index in [0.717, 1.165) is 24.4 Å². The van der Waals surface area contributed by atoms with E-state index in [2.05, 4.69) is 24.4 Å². The predicted molar refractivity (Wildman–Crippen MR) is 66.6 cm³/mol. The van der Waals surface area contributed by atoms with Gasteiger partial charge in [0.15, 0.2) is 0 Å². The molecular formula is C13H18ClNO. The van der Waals surface area contributed by atoms with Crippen molar-refractivity contribution in [3.8, 4) is 0 Å². The highest BCUT2D eigenvalue weighted by atomic mass is 35.5. The number of aliphatic hydroxyl groups excluding tert-OH is 1. The monoisotopic (exact) mass is 239 g/mol. The second kappa shape index (κ2) is 5.17. The van der Waals surface area contributed by atoms with Crippen molar-refractivity contribution in [1.29, 1.82) is 0 Å². The van der Waals surface area contributed by atoms with E-state index in [1.54, 1.807) is 0 Å². The molecule has 3 heteroatoms. The van der Waals surface area contributed by atoms with Gasteiger partial charge in [-0.2, -0.15) is 0 Å². The summed E-state index contributed by atoms with van der Waals surface area (Å²) in [7, 11) is 0. The molecule has 16 heavy (non-hydrogen) atoms. The summed E-state index contributed by atoms with van der Waals surface area (Å²) in [6.45, 7) is 3.14. The summed E-state index contributed by atoms with van der Waals surface area (Å²) in [4.78, 5) is 0. The van der Waals surface area contributed by atoms with Crippen LogP contribution in [0.3, 0.4) is 0 Å². The van der Waals surface area contributed by atoms with E-state index in [4.69, 9.17) is 11.6 Å². The topological polar surface area (TPSA) is 32.3 Å². The predicted octanol–water partition coefficient (Wildman–Crippen LogP) is 2.76. The molecule has 2 N–H and O–H groups in total. The van der Waals surface area contributed by atoms with Gasteiger partial charge in [-0.15, -0.1) is 0 Å². The van der Waals surface area contributed by atoms with E-state index in [-0.39, 0.29) is 6.10 Å². The number of nitrogens with one attached hydrogen (secondary N) is 1. The molecule has 1 aromatic rings. The van der Waals surface area contributed by atoms with Gasteiger partial charge in [0.05, 0.1) is 6.10 Å². The molecule has 0 aromatic heterocycles. The molecule has 2 rings (SSSR count). The third-order valence-electron chi connectivity index (χ3n) is 3.29. The zero-order chi connectivity index (χ0) is 11.5. The van der Waals surface area contributed by atoms with Crippen LogP contribution in [0.25, 0.3) is 0 Å². The van der Waals surface area contributed by atoms with Crippen LogP contribution in [0.2, 0.25) is 5.02 Å². The van der Waals surface area contributed by atoms with Crippen molar-refractivity contribution in [2.75, 3.05) is 6.54 Å². The number of aliphatic hydroxyl groups is 1. The zero-order valence-electron chi connectivity index (χ0n) is 9.49. The maximum absolute atomic E-state index is 9.19. The molecule has 1 atom stereocenters. The smallest absolute Gasteiger partial charge is 0.0546 e. The first-order valence-corrected chi connectivity index (χ1v) is 6.20. The maximum atomic E-state index is 9.19. The lowest BCUT2D eigenvalue weighted by atomic mass is 9.82. The molecule has 1 aliphatic rings. The van der Waals surface area contributed by atoms with Crippen LogP contribution in [0.1, 0.15) is 31.4 Å². The molecule has 1 aliphatic carbocycles. The molecule has 0 spiro atoms. The van der Waals surface area contributed by atoms with Gasteiger partial charge in [0.1, 0.15) is 0 Å². The molecule has 1 aromatic carbocycles. The van der Waals surface area contributed by atoms with Crippen molar-refractivity contribution >= 4 is 11.6 Å². The van der Waals surface area contributed by atoms with Crippen molar-refractivity contribution in [2.45, 2.75) is 31.9 Å². The summed E-state index contributed by atoms with van der Waals surface area (Å²) in [5, 5.41) is 13.5. The Morgan fingerprint density at radius 3 is 2.56 bits per heavy atom. The minimum atomic E-state index is -0.0577. The van der Waals surface area contributed by atoms with E-state index >= 15 is 0 Å². The number of hydrogen-bond donors (Lipinski definition) is 2. The summed E-state index contributed by atoms with van der Waals surface area (Å²) < 4.78 is 0. The van der Waals surface area contributed by atoms with E-state index in [1.165, 1.54) is 5.56 Å². The third kappa shape index (κ3) is 2.97. The van der Waals surface area contributed by atoms with Crippen LogP contribution in [-0.4, -0.2) is 17.8 Å². The van der Waals surface area contributed by atoms with Gasteiger partial charge in [0.2, 0.25) is 0 Å². The van der Waals surface area contributed by atoms with Crippen LogP contribution in [0.5, 0.6) is 0 Å². The average Bonchev–Trinajstić information content (AvgIpc) is 2.23. The van der Waals surface area contributed by atoms with Crippen LogP contribution >= 0.6 is 11.6 Å². The van der Waals surface area contributed by atoms with Crippen molar-refractivity contribution in [2.24, 2.45) is 5.92 Å². The summed E-state index contributed by atoms with van der Waals surface area (Å²) >= 11 is 5.84. The molecule has 2 nitrogen and oxygen atoms in total. The molecule has 1 unspecified atom stereocenters. The highest BCUT2D eigenvalue weighted by Crippen LogP contribution is 2.27. The van der Waals surface area contributed by atoms with Gasteiger partial charge < -0.3 is 10.4 Å². The van der Waals surface area contributed by atoms with E-state index in [1.807, 2.05) is 12.1 Å². The molecule has 0 bridgehead atoms. The van der Waals surface area contributed by atoms with Crippen molar-refractivity contribution in [3.63, 3.8) is 0 Å². The fraction of sp³-hybridized carbons (Fsp3) is 0.538. The Morgan fingerprint density at radius 1 is 1.38 bits per heavy atom. The van der Waals surface area contributed by atoms with Gasteiger partial charge in [-0.25, -0.2) is 0 Å². The largest absolute Gasteiger partial charge is 0.393 e. The van der Waals surface area contributed by atoms with Gasteiger partial charge in [-0.1, -0.05) is 23.7 Å². The molecule has 1 fully saturated rings. The summed E-state index contributed by atoms with van der Waals surface area (Å²) in [5.74, 6) is 0.643. The number of hydrogen-bond acceptors (Lipinski definition) is 2. The second-order valence-electron chi connectivity index (χ2n) is 4.67. The van der Waals surface area contributed by atoms with Crippen LogP contribution in [-0.2, 0) is 0 Å². The standard InChI is InChI=1S/C13H18ClNO/c1-9(11-2-4-12(14)5-3-11)15-8-10-6-13(16)7-10/h2-5,9-10,13,15-16H,6-8H2,1H3. The molecule has 0 radical (unpaired) electrons. The second-order valence-corrected chi connectivity index (χ2v) is 5.11. The van der Waals surface area contributed by atoms with Crippen molar-refractivity contribution in [1.82, 2.24) is 5.32 Å². The number of benzene rings is 1. The first kappa shape index (κ1) is 11.9. The highest BCUT2D eigenvalue weighted by Gasteiger charge is 2.26. The lowest BCUT2D eigenvalue weighted by molar-refractivity contribution is 0.0420. The van der Waals surface area contributed by atoms with Crippen molar-refractivity contribution in [3.05, 3.63) is 34.9 Å². The van der Waals surface area contributed by atoms with Crippen LogP contribution < -0.4 is 5.32 Å². The molecule has 1 saturated carbocycles. The summed E-state index contributed by atoms with van der Waals surface area (Å²) in [6, 6.07) is 8.28.